The van der Waals surface area contributed by atoms with E-state index < -0.39 is 0 Å². The van der Waals surface area contributed by atoms with Crippen LogP contribution in [0.25, 0.3) is 0 Å². The average Bonchev–Trinajstić information content (AvgIpc) is 3.51. The number of ether oxygens (including phenoxy) is 1. The molecule has 0 radical (unpaired) electrons. The fourth-order valence-electron chi connectivity index (χ4n) is 5.54. The van der Waals surface area contributed by atoms with E-state index in [9.17, 15) is 9.59 Å². The summed E-state index contributed by atoms with van der Waals surface area (Å²) in [6, 6.07) is 3.89. The highest BCUT2D eigenvalue weighted by atomic mass is 16.6. The van der Waals surface area contributed by atoms with Crippen LogP contribution in [-0.4, -0.2) is 39.5 Å². The van der Waals surface area contributed by atoms with Crippen LogP contribution in [0.4, 0.5) is 10.6 Å². The maximum atomic E-state index is 12.3. The number of anilines is 1. The van der Waals surface area contributed by atoms with Gasteiger partial charge in [-0.2, -0.15) is 5.10 Å². The van der Waals surface area contributed by atoms with E-state index in [1.807, 2.05) is 13.0 Å². The quantitative estimate of drug-likeness (QED) is 0.649. The number of aryl methyl sites for hydroxylation is 1. The normalized spacial score (nSPS) is 29.3. The van der Waals surface area contributed by atoms with E-state index in [2.05, 4.69) is 26.0 Å². The number of aromatic nitrogens is 3. The lowest BCUT2D eigenvalue weighted by Gasteiger charge is -2.23. The van der Waals surface area contributed by atoms with Crippen LogP contribution in [0.5, 0.6) is 0 Å². The van der Waals surface area contributed by atoms with Crippen molar-refractivity contribution in [3.8, 4) is 0 Å². The number of carbonyl (C=O) groups excluding carboxylic acids is 2. The molecule has 3 fully saturated rings. The number of rotatable bonds is 6. The van der Waals surface area contributed by atoms with E-state index in [0.29, 0.717) is 23.5 Å². The lowest BCUT2D eigenvalue weighted by molar-refractivity contribution is -0.115. The second-order valence-corrected chi connectivity index (χ2v) is 9.33. The van der Waals surface area contributed by atoms with Gasteiger partial charge in [0.15, 0.2) is 5.82 Å². The molecule has 31 heavy (non-hydrogen) atoms. The van der Waals surface area contributed by atoms with E-state index in [1.165, 1.54) is 19.3 Å². The number of nitrogens with one attached hydrogen (secondary N) is 3. The minimum absolute atomic E-state index is 0.0837. The molecule has 5 rings (SSSR count). The van der Waals surface area contributed by atoms with Crippen molar-refractivity contribution in [2.75, 3.05) is 5.32 Å². The molecule has 2 amide bonds. The van der Waals surface area contributed by atoms with Crippen molar-refractivity contribution in [3.05, 3.63) is 29.3 Å². The molecule has 3 aliphatic carbocycles. The van der Waals surface area contributed by atoms with Gasteiger partial charge in [0.05, 0.1) is 12.1 Å². The molecule has 9 nitrogen and oxygen atoms in total. The molecule has 0 spiro atoms. The Kier molecular flexibility index (Phi) is 5.41. The standard InChI is InChI=1S/C22H29N5O4/c1-12-6-17(31-27-12)10-21(28)24-20-11-19(25-26-20)15-4-5-16(9-15)30-22(29)23-18-8-13-2-3-14(18)7-13/h6,11,13-16,18H,2-5,7-10H2,1H3,(H,23,29)(H2,24,25,26,28)/t13?,14?,15-,16-,18?/m0/s1. The van der Waals surface area contributed by atoms with Gasteiger partial charge in [-0.1, -0.05) is 11.6 Å². The van der Waals surface area contributed by atoms with E-state index in [-0.39, 0.29) is 30.4 Å². The van der Waals surface area contributed by atoms with E-state index >= 15 is 0 Å². The third-order valence-corrected chi connectivity index (χ3v) is 7.02. The van der Waals surface area contributed by atoms with Crippen LogP contribution in [0.3, 0.4) is 0 Å². The fraction of sp³-hybridized carbons (Fsp3) is 0.636. The summed E-state index contributed by atoms with van der Waals surface area (Å²) < 4.78 is 10.8. The summed E-state index contributed by atoms with van der Waals surface area (Å²) in [5, 5.41) is 16.9. The van der Waals surface area contributed by atoms with Crippen LogP contribution in [0.15, 0.2) is 16.7 Å². The molecule has 3 unspecified atom stereocenters. The zero-order valence-electron chi connectivity index (χ0n) is 17.7. The number of amides is 2. The van der Waals surface area contributed by atoms with Gasteiger partial charge < -0.3 is 19.9 Å². The van der Waals surface area contributed by atoms with Gasteiger partial charge in [0.25, 0.3) is 0 Å². The third kappa shape index (κ3) is 4.60. The van der Waals surface area contributed by atoms with Gasteiger partial charge in [-0.3, -0.25) is 9.89 Å². The molecule has 3 N–H and O–H groups in total. The minimum Gasteiger partial charge on any atom is -0.446 e. The van der Waals surface area contributed by atoms with E-state index in [1.54, 1.807) is 6.07 Å². The van der Waals surface area contributed by atoms with Gasteiger partial charge in [0.1, 0.15) is 11.9 Å². The predicted octanol–water partition coefficient (Wildman–Crippen LogP) is 3.44. The Hall–Kier alpha value is -2.84. The Bertz CT molecular complexity index is 953. The molecule has 0 saturated heterocycles. The summed E-state index contributed by atoms with van der Waals surface area (Å²) in [7, 11) is 0. The summed E-state index contributed by atoms with van der Waals surface area (Å²) in [6.45, 7) is 1.81. The zero-order valence-corrected chi connectivity index (χ0v) is 17.7. The van der Waals surface area contributed by atoms with Crippen LogP contribution < -0.4 is 10.6 Å². The van der Waals surface area contributed by atoms with Gasteiger partial charge >= 0.3 is 6.09 Å². The van der Waals surface area contributed by atoms with Crippen molar-refractivity contribution in [2.24, 2.45) is 11.8 Å². The highest BCUT2D eigenvalue weighted by Crippen LogP contribution is 2.44. The summed E-state index contributed by atoms with van der Waals surface area (Å²) in [5.41, 5.74) is 1.69. The molecule has 2 aromatic heterocycles. The number of aromatic amines is 1. The van der Waals surface area contributed by atoms with Crippen LogP contribution >= 0.6 is 0 Å². The monoisotopic (exact) mass is 427 g/mol. The first-order chi connectivity index (χ1) is 15.0. The van der Waals surface area contributed by atoms with Crippen molar-refractivity contribution in [2.45, 2.75) is 76.4 Å². The molecular formula is C22H29N5O4. The zero-order chi connectivity index (χ0) is 21.4. The third-order valence-electron chi connectivity index (χ3n) is 7.02. The molecule has 166 valence electrons. The van der Waals surface area contributed by atoms with Crippen molar-refractivity contribution >= 4 is 17.8 Å². The van der Waals surface area contributed by atoms with Crippen molar-refractivity contribution in [3.63, 3.8) is 0 Å². The van der Waals surface area contributed by atoms with E-state index in [0.717, 1.165) is 43.0 Å². The predicted molar refractivity (Wildman–Crippen MR) is 111 cm³/mol. The van der Waals surface area contributed by atoms with E-state index in [4.69, 9.17) is 9.26 Å². The average molecular weight is 428 g/mol. The van der Waals surface area contributed by atoms with Gasteiger partial charge in [0, 0.05) is 29.8 Å². The Labute approximate surface area is 180 Å². The summed E-state index contributed by atoms with van der Waals surface area (Å²) in [6.07, 6.45) is 7.17. The smallest absolute Gasteiger partial charge is 0.407 e. The Morgan fingerprint density at radius 2 is 2.10 bits per heavy atom. The SMILES string of the molecule is Cc1cc(CC(=O)Nc2cc([C@H]3CC[C@H](OC(=O)NC4CC5CCC4C5)C3)[nH]n2)on1. The second-order valence-electron chi connectivity index (χ2n) is 9.33. The molecule has 0 aromatic carbocycles. The van der Waals surface area contributed by atoms with Crippen LogP contribution in [-0.2, 0) is 16.0 Å². The second kappa shape index (κ2) is 8.36. The first-order valence-electron chi connectivity index (χ1n) is 11.3. The van der Waals surface area contributed by atoms with Gasteiger partial charge in [0.2, 0.25) is 5.91 Å². The number of hydrogen-bond donors (Lipinski definition) is 3. The number of H-pyrrole nitrogens is 1. The minimum atomic E-state index is -0.275. The van der Waals surface area contributed by atoms with Gasteiger partial charge in [-0.05, 0) is 57.3 Å². The first-order valence-corrected chi connectivity index (χ1v) is 11.3. The summed E-state index contributed by atoms with van der Waals surface area (Å²) in [5.74, 6) is 2.45. The molecular weight excluding hydrogens is 398 g/mol. The molecule has 3 aliphatic rings. The van der Waals surface area contributed by atoms with Crippen molar-refractivity contribution in [1.29, 1.82) is 0 Å². The fourth-order valence-corrected chi connectivity index (χ4v) is 5.54. The largest absolute Gasteiger partial charge is 0.446 e. The number of carbonyl (C=O) groups is 2. The topological polar surface area (TPSA) is 122 Å². The number of nitrogens with zero attached hydrogens (tertiary/aromatic N) is 2. The maximum absolute atomic E-state index is 12.3. The molecule has 2 bridgehead atoms. The van der Waals surface area contributed by atoms with Crippen LogP contribution in [0.1, 0.15) is 68.0 Å². The van der Waals surface area contributed by atoms with Gasteiger partial charge in [-0.25, -0.2) is 4.79 Å². The molecule has 2 heterocycles. The van der Waals surface area contributed by atoms with Crippen molar-refractivity contribution in [1.82, 2.24) is 20.7 Å². The van der Waals surface area contributed by atoms with Crippen molar-refractivity contribution < 1.29 is 18.8 Å². The Morgan fingerprint density at radius 3 is 2.84 bits per heavy atom. The van der Waals surface area contributed by atoms with Crippen LogP contribution in [0.2, 0.25) is 0 Å². The number of alkyl carbamates (subject to hydrolysis) is 1. The lowest BCUT2D eigenvalue weighted by Crippen LogP contribution is -2.40. The molecule has 0 aliphatic heterocycles. The van der Waals surface area contributed by atoms with Crippen LogP contribution in [0, 0.1) is 18.8 Å². The highest BCUT2D eigenvalue weighted by molar-refractivity contribution is 5.91. The first kappa shape index (κ1) is 20.1. The molecule has 5 atom stereocenters. The Morgan fingerprint density at radius 1 is 1.19 bits per heavy atom. The summed E-state index contributed by atoms with van der Waals surface area (Å²) >= 11 is 0. The molecule has 9 heteroatoms. The molecule has 2 aromatic rings. The Balaban J connectivity index is 1.08. The summed E-state index contributed by atoms with van der Waals surface area (Å²) in [4.78, 5) is 24.5. The lowest BCUT2D eigenvalue weighted by atomic mass is 9.96. The molecule has 3 saturated carbocycles. The maximum Gasteiger partial charge on any atom is 0.407 e. The highest BCUT2D eigenvalue weighted by Gasteiger charge is 2.40. The van der Waals surface area contributed by atoms with Gasteiger partial charge in [-0.15, -0.1) is 0 Å². The number of hydrogen-bond acceptors (Lipinski definition) is 6. The number of fused-ring (bicyclic) bond motifs is 2.